The molecule has 0 heterocycles. The minimum absolute atomic E-state index is 0.125. The van der Waals surface area contributed by atoms with Crippen LogP contribution in [0.3, 0.4) is 0 Å². The van der Waals surface area contributed by atoms with Crippen molar-refractivity contribution in [2.45, 2.75) is 37.1 Å². The summed E-state index contributed by atoms with van der Waals surface area (Å²) >= 11 is 0. The highest BCUT2D eigenvalue weighted by atomic mass is 32.2. The predicted molar refractivity (Wildman–Crippen MR) is 73.1 cm³/mol. The molecule has 0 bridgehead atoms. The van der Waals surface area contributed by atoms with Crippen LogP contribution in [0.5, 0.6) is 0 Å². The maximum atomic E-state index is 12.3. The van der Waals surface area contributed by atoms with Crippen molar-refractivity contribution in [2.75, 3.05) is 12.4 Å². The average Bonchev–Trinajstić information content (AvgIpc) is 3.07. The maximum absolute atomic E-state index is 12.3. The Morgan fingerprint density at radius 1 is 1.33 bits per heavy atom. The van der Waals surface area contributed by atoms with Crippen LogP contribution in [0, 0.1) is 5.92 Å². The fraction of sp³-hybridized carbons (Fsp3) is 0.538. The lowest BCUT2D eigenvalue weighted by Gasteiger charge is -2.10. The molecule has 1 aliphatic carbocycles. The Hall–Kier alpha value is -1.07. The van der Waals surface area contributed by atoms with E-state index in [-0.39, 0.29) is 6.04 Å². The first kappa shape index (κ1) is 13.4. The van der Waals surface area contributed by atoms with Crippen molar-refractivity contribution < 1.29 is 8.42 Å². The third-order valence-electron chi connectivity index (χ3n) is 3.33. The molecule has 2 rings (SSSR count). The summed E-state index contributed by atoms with van der Waals surface area (Å²) in [5.74, 6) is 0.520. The molecule has 1 aliphatic rings. The number of hydrogen-bond acceptors (Lipinski definition) is 3. The largest absolute Gasteiger partial charge is 0.387 e. The number of anilines is 1. The van der Waals surface area contributed by atoms with Crippen molar-refractivity contribution in [1.82, 2.24) is 4.72 Å². The zero-order valence-corrected chi connectivity index (χ0v) is 11.6. The average molecular weight is 268 g/mol. The quantitative estimate of drug-likeness (QED) is 0.831. The first-order valence-electron chi connectivity index (χ1n) is 6.37. The maximum Gasteiger partial charge on any atom is 0.242 e. The molecule has 0 aromatic heterocycles. The normalized spacial score (nSPS) is 22.8. The van der Waals surface area contributed by atoms with Crippen molar-refractivity contribution >= 4 is 15.7 Å². The van der Waals surface area contributed by atoms with E-state index in [4.69, 9.17) is 0 Å². The van der Waals surface area contributed by atoms with E-state index in [0.29, 0.717) is 16.5 Å². The van der Waals surface area contributed by atoms with E-state index in [1.54, 1.807) is 25.2 Å². The minimum Gasteiger partial charge on any atom is -0.387 e. The summed E-state index contributed by atoms with van der Waals surface area (Å²) in [5.41, 5.74) is 0.637. The van der Waals surface area contributed by atoms with Crippen LogP contribution in [0.2, 0.25) is 0 Å². The van der Waals surface area contributed by atoms with E-state index >= 15 is 0 Å². The Bertz CT molecular complexity index is 513. The molecule has 2 unspecified atom stereocenters. The molecule has 1 fully saturated rings. The fourth-order valence-corrected chi connectivity index (χ4v) is 3.78. The number of benzene rings is 1. The summed E-state index contributed by atoms with van der Waals surface area (Å²) in [6, 6.07) is 7.09. The van der Waals surface area contributed by atoms with Crippen molar-refractivity contribution in [3.05, 3.63) is 24.3 Å². The Kier molecular flexibility index (Phi) is 3.92. The van der Waals surface area contributed by atoms with Crippen LogP contribution < -0.4 is 10.0 Å². The Morgan fingerprint density at radius 2 is 2.06 bits per heavy atom. The summed E-state index contributed by atoms with van der Waals surface area (Å²) in [7, 11) is -1.68. The molecule has 1 saturated carbocycles. The molecule has 2 atom stereocenters. The first-order chi connectivity index (χ1) is 8.58. The van der Waals surface area contributed by atoms with E-state index < -0.39 is 10.0 Å². The number of sulfonamides is 1. The zero-order valence-electron chi connectivity index (χ0n) is 10.8. The van der Waals surface area contributed by atoms with Crippen molar-refractivity contribution in [2.24, 2.45) is 5.92 Å². The molecule has 1 aromatic carbocycles. The molecular weight excluding hydrogens is 248 g/mol. The van der Waals surface area contributed by atoms with Gasteiger partial charge in [0.05, 0.1) is 5.69 Å². The van der Waals surface area contributed by atoms with Gasteiger partial charge in [-0.25, -0.2) is 13.1 Å². The van der Waals surface area contributed by atoms with E-state index in [2.05, 4.69) is 17.0 Å². The highest BCUT2D eigenvalue weighted by molar-refractivity contribution is 7.89. The highest BCUT2D eigenvalue weighted by Crippen LogP contribution is 2.36. The fourth-order valence-electron chi connectivity index (χ4n) is 2.25. The standard InChI is InChI=1S/C13H20N2O2S/c1-3-6-10-9-12(10)15-18(16,17)13-8-5-4-7-11(13)14-2/h4-5,7-8,10,12,14-15H,3,6,9H2,1-2H3. The molecule has 18 heavy (non-hydrogen) atoms. The summed E-state index contributed by atoms with van der Waals surface area (Å²) in [5, 5.41) is 2.91. The van der Waals surface area contributed by atoms with Gasteiger partial charge >= 0.3 is 0 Å². The van der Waals surface area contributed by atoms with Crippen LogP contribution >= 0.6 is 0 Å². The van der Waals surface area contributed by atoms with Crippen LogP contribution in [-0.2, 0) is 10.0 Å². The van der Waals surface area contributed by atoms with Crippen LogP contribution in [-0.4, -0.2) is 21.5 Å². The van der Waals surface area contributed by atoms with E-state index in [1.807, 2.05) is 6.07 Å². The predicted octanol–water partition coefficient (Wildman–Crippen LogP) is 2.20. The van der Waals surface area contributed by atoms with Gasteiger partial charge in [0.1, 0.15) is 4.90 Å². The molecule has 1 aromatic rings. The second-order valence-corrected chi connectivity index (χ2v) is 6.44. The van der Waals surface area contributed by atoms with Gasteiger partial charge in [-0.05, 0) is 30.9 Å². The summed E-state index contributed by atoms with van der Waals surface area (Å²) < 4.78 is 27.3. The third-order valence-corrected chi connectivity index (χ3v) is 4.88. The number of nitrogens with one attached hydrogen (secondary N) is 2. The summed E-state index contributed by atoms with van der Waals surface area (Å²) in [6.07, 6.45) is 3.17. The molecular formula is C13H20N2O2S. The molecule has 0 amide bonds. The van der Waals surface area contributed by atoms with Crippen LogP contribution in [0.1, 0.15) is 26.2 Å². The number of para-hydroxylation sites is 1. The van der Waals surface area contributed by atoms with Crippen LogP contribution in [0.4, 0.5) is 5.69 Å². The summed E-state index contributed by atoms with van der Waals surface area (Å²) in [6.45, 7) is 2.13. The van der Waals surface area contributed by atoms with Gasteiger partial charge in [0, 0.05) is 13.1 Å². The highest BCUT2D eigenvalue weighted by Gasteiger charge is 2.39. The van der Waals surface area contributed by atoms with Gasteiger partial charge in [-0.3, -0.25) is 0 Å². The first-order valence-corrected chi connectivity index (χ1v) is 7.86. The van der Waals surface area contributed by atoms with Gasteiger partial charge in [-0.15, -0.1) is 0 Å². The second-order valence-electron chi connectivity index (χ2n) is 4.76. The van der Waals surface area contributed by atoms with Gasteiger partial charge in [0.25, 0.3) is 0 Å². The number of rotatable bonds is 6. The number of hydrogen-bond donors (Lipinski definition) is 2. The Labute approximate surface area is 109 Å². The Morgan fingerprint density at radius 3 is 2.72 bits per heavy atom. The van der Waals surface area contributed by atoms with Crippen LogP contribution in [0.15, 0.2) is 29.2 Å². The van der Waals surface area contributed by atoms with E-state index in [9.17, 15) is 8.42 Å². The monoisotopic (exact) mass is 268 g/mol. The van der Waals surface area contributed by atoms with Crippen molar-refractivity contribution in [3.63, 3.8) is 0 Å². The minimum atomic E-state index is -3.40. The molecule has 0 saturated heterocycles. The summed E-state index contributed by atoms with van der Waals surface area (Å²) in [4.78, 5) is 0.328. The van der Waals surface area contributed by atoms with Gasteiger partial charge in [0.2, 0.25) is 10.0 Å². The second kappa shape index (κ2) is 5.28. The van der Waals surface area contributed by atoms with E-state index in [0.717, 1.165) is 19.3 Å². The lowest BCUT2D eigenvalue weighted by Crippen LogP contribution is -2.27. The van der Waals surface area contributed by atoms with Crippen molar-refractivity contribution in [3.8, 4) is 0 Å². The molecule has 0 aliphatic heterocycles. The van der Waals surface area contributed by atoms with Gasteiger partial charge in [-0.1, -0.05) is 25.5 Å². The lowest BCUT2D eigenvalue weighted by molar-refractivity contribution is 0.573. The lowest BCUT2D eigenvalue weighted by atomic mass is 10.2. The molecule has 4 nitrogen and oxygen atoms in total. The smallest absolute Gasteiger partial charge is 0.242 e. The molecule has 0 spiro atoms. The SMILES string of the molecule is CCCC1CC1NS(=O)(=O)c1ccccc1NC. The zero-order chi connectivity index (χ0) is 13.2. The topological polar surface area (TPSA) is 58.2 Å². The third kappa shape index (κ3) is 2.84. The van der Waals surface area contributed by atoms with E-state index in [1.165, 1.54) is 0 Å². The van der Waals surface area contributed by atoms with Crippen molar-refractivity contribution in [1.29, 1.82) is 0 Å². The Balaban J connectivity index is 2.12. The molecule has 100 valence electrons. The molecule has 2 N–H and O–H groups in total. The van der Waals surface area contributed by atoms with Gasteiger partial charge < -0.3 is 5.32 Å². The molecule has 0 radical (unpaired) electrons. The van der Waals surface area contributed by atoms with Gasteiger partial charge in [-0.2, -0.15) is 0 Å². The molecule has 5 heteroatoms. The van der Waals surface area contributed by atoms with Gasteiger partial charge in [0.15, 0.2) is 0 Å². The van der Waals surface area contributed by atoms with Crippen LogP contribution in [0.25, 0.3) is 0 Å².